The van der Waals surface area contributed by atoms with Crippen LogP contribution in [0.1, 0.15) is 89.6 Å². The summed E-state index contributed by atoms with van der Waals surface area (Å²) in [5.74, 6) is -0.465. The van der Waals surface area contributed by atoms with Crippen molar-refractivity contribution >= 4 is 17.6 Å². The van der Waals surface area contributed by atoms with Gasteiger partial charge in [-0.05, 0) is 62.1 Å². The van der Waals surface area contributed by atoms with Gasteiger partial charge >= 0.3 is 5.97 Å². The molecule has 0 amide bonds. The highest BCUT2D eigenvalue weighted by atomic mass is 35.5. The van der Waals surface area contributed by atoms with E-state index in [0.29, 0.717) is 45.9 Å². The summed E-state index contributed by atoms with van der Waals surface area (Å²) in [6, 6.07) is 9.56. The molecule has 0 fully saturated rings. The predicted octanol–water partition coefficient (Wildman–Crippen LogP) is 7.41. The van der Waals surface area contributed by atoms with Crippen molar-refractivity contribution in [2.45, 2.75) is 80.8 Å². The minimum atomic E-state index is -0.676. The number of carbonyl (C=O) groups excluding carboxylic acids is 1. The Bertz CT molecular complexity index is 1030. The van der Waals surface area contributed by atoms with Gasteiger partial charge in [-0.2, -0.15) is 5.26 Å². The zero-order valence-electron chi connectivity index (χ0n) is 20.8. The van der Waals surface area contributed by atoms with Crippen LogP contribution in [0, 0.1) is 22.2 Å². The van der Waals surface area contributed by atoms with Gasteiger partial charge in [0.2, 0.25) is 0 Å². The summed E-state index contributed by atoms with van der Waals surface area (Å²) in [6.07, 6.45) is 1.19. The average molecular weight is 455 g/mol. The highest BCUT2D eigenvalue weighted by molar-refractivity contribution is 6.30. The van der Waals surface area contributed by atoms with E-state index >= 15 is 0 Å². The SMILES string of the molecule is CC(C)(C)Cc1nc(CC(C)(C)C)c(C(=O)OC(C)(C)C)c(-c2ccc(Cl)cc2)c1C#N. The fourth-order valence-corrected chi connectivity index (χ4v) is 3.65. The molecular weight excluding hydrogens is 420 g/mol. The molecule has 2 rings (SSSR count). The molecule has 1 aromatic carbocycles. The molecule has 0 atom stereocenters. The van der Waals surface area contributed by atoms with Gasteiger partial charge in [-0.1, -0.05) is 65.3 Å². The lowest BCUT2D eigenvalue weighted by atomic mass is 9.82. The van der Waals surface area contributed by atoms with E-state index in [-0.39, 0.29) is 10.8 Å². The third kappa shape index (κ3) is 7.07. The lowest BCUT2D eigenvalue weighted by molar-refractivity contribution is 0.00683. The van der Waals surface area contributed by atoms with E-state index in [4.69, 9.17) is 21.3 Å². The van der Waals surface area contributed by atoms with Crippen LogP contribution in [0.2, 0.25) is 5.02 Å². The van der Waals surface area contributed by atoms with E-state index < -0.39 is 11.6 Å². The Hall–Kier alpha value is -2.38. The second-order valence-electron chi connectivity index (χ2n) is 11.7. The number of hydrogen-bond acceptors (Lipinski definition) is 4. The molecule has 0 radical (unpaired) electrons. The Kier molecular flexibility index (Phi) is 7.47. The first kappa shape index (κ1) is 25.9. The summed E-state index contributed by atoms with van der Waals surface area (Å²) >= 11 is 6.13. The molecule has 1 aromatic heterocycles. The summed E-state index contributed by atoms with van der Waals surface area (Å²) in [5.41, 5.74) is 2.60. The van der Waals surface area contributed by atoms with Crippen molar-refractivity contribution in [1.29, 1.82) is 5.26 Å². The fraction of sp³-hybridized carbons (Fsp3) is 0.519. The molecule has 0 bridgehead atoms. The van der Waals surface area contributed by atoms with Crippen LogP contribution in [-0.2, 0) is 17.6 Å². The van der Waals surface area contributed by atoms with Gasteiger partial charge in [0.1, 0.15) is 11.7 Å². The second-order valence-corrected chi connectivity index (χ2v) is 12.2. The second kappa shape index (κ2) is 9.24. The third-order valence-electron chi connectivity index (χ3n) is 4.59. The van der Waals surface area contributed by atoms with Crippen molar-refractivity contribution in [3.8, 4) is 17.2 Å². The maximum Gasteiger partial charge on any atom is 0.341 e. The molecule has 172 valence electrons. The van der Waals surface area contributed by atoms with Crippen molar-refractivity contribution in [3.05, 3.63) is 51.8 Å². The van der Waals surface area contributed by atoms with E-state index in [1.165, 1.54) is 0 Å². The summed E-state index contributed by atoms with van der Waals surface area (Å²) in [7, 11) is 0. The number of esters is 1. The molecule has 32 heavy (non-hydrogen) atoms. The molecule has 0 saturated carbocycles. The van der Waals surface area contributed by atoms with Crippen LogP contribution >= 0.6 is 11.6 Å². The molecule has 0 unspecified atom stereocenters. The maximum atomic E-state index is 13.5. The fourth-order valence-electron chi connectivity index (χ4n) is 3.52. The van der Waals surface area contributed by atoms with Gasteiger partial charge in [-0.25, -0.2) is 4.79 Å². The largest absolute Gasteiger partial charge is 0.456 e. The van der Waals surface area contributed by atoms with E-state index in [2.05, 4.69) is 47.6 Å². The number of nitrogens with zero attached hydrogens (tertiary/aromatic N) is 2. The number of hydrogen-bond donors (Lipinski definition) is 0. The number of rotatable bonds is 4. The molecule has 4 nitrogen and oxygen atoms in total. The van der Waals surface area contributed by atoms with Crippen LogP contribution in [0.15, 0.2) is 24.3 Å². The van der Waals surface area contributed by atoms with Crippen molar-refractivity contribution in [1.82, 2.24) is 4.98 Å². The lowest BCUT2D eigenvalue weighted by Crippen LogP contribution is -2.27. The number of benzene rings is 1. The Morgan fingerprint density at radius 1 is 0.938 bits per heavy atom. The van der Waals surface area contributed by atoms with Gasteiger partial charge in [-0.3, -0.25) is 4.98 Å². The first-order valence-corrected chi connectivity index (χ1v) is 11.3. The smallest absolute Gasteiger partial charge is 0.341 e. The molecule has 0 saturated heterocycles. The monoisotopic (exact) mass is 454 g/mol. The molecule has 0 aliphatic carbocycles. The van der Waals surface area contributed by atoms with Gasteiger partial charge < -0.3 is 4.74 Å². The minimum absolute atomic E-state index is 0.0810. The molecule has 0 N–H and O–H groups in total. The minimum Gasteiger partial charge on any atom is -0.456 e. The standard InChI is InChI=1S/C27H35ClN2O2/c1-25(2,3)14-20-19(16-29)22(17-10-12-18(28)13-11-17)23(24(31)32-27(7,8)9)21(30-20)15-26(4,5)6/h10-13H,14-15H2,1-9H3. The zero-order valence-corrected chi connectivity index (χ0v) is 21.6. The van der Waals surface area contributed by atoms with Crippen LogP contribution in [0.25, 0.3) is 11.1 Å². The Morgan fingerprint density at radius 2 is 1.44 bits per heavy atom. The number of halogens is 1. The zero-order chi connectivity index (χ0) is 24.5. The number of ether oxygens (including phenoxy) is 1. The molecular formula is C27H35ClN2O2. The van der Waals surface area contributed by atoms with Crippen LogP contribution in [0.3, 0.4) is 0 Å². The number of aromatic nitrogens is 1. The topological polar surface area (TPSA) is 63.0 Å². The van der Waals surface area contributed by atoms with Crippen molar-refractivity contribution in [2.75, 3.05) is 0 Å². The number of nitriles is 1. The Balaban J connectivity index is 2.97. The first-order chi connectivity index (χ1) is 14.5. The van der Waals surface area contributed by atoms with Gasteiger partial charge in [0.15, 0.2) is 0 Å². The van der Waals surface area contributed by atoms with Gasteiger partial charge in [0.25, 0.3) is 0 Å². The quantitative estimate of drug-likeness (QED) is 0.451. The summed E-state index contributed by atoms with van der Waals surface area (Å²) in [4.78, 5) is 18.4. The normalized spacial score (nSPS) is 12.4. The van der Waals surface area contributed by atoms with Crippen molar-refractivity contribution in [2.24, 2.45) is 10.8 Å². The Morgan fingerprint density at radius 3 is 1.88 bits per heavy atom. The van der Waals surface area contributed by atoms with Gasteiger partial charge in [0, 0.05) is 10.6 Å². The summed E-state index contributed by atoms with van der Waals surface area (Å²) in [6.45, 7) is 18.2. The van der Waals surface area contributed by atoms with Gasteiger partial charge in [0.05, 0.1) is 22.5 Å². The van der Waals surface area contributed by atoms with E-state index in [9.17, 15) is 10.1 Å². The van der Waals surface area contributed by atoms with E-state index in [0.717, 1.165) is 5.56 Å². The van der Waals surface area contributed by atoms with Crippen molar-refractivity contribution in [3.63, 3.8) is 0 Å². The molecule has 1 heterocycles. The van der Waals surface area contributed by atoms with Crippen LogP contribution < -0.4 is 0 Å². The molecule has 0 aliphatic rings. The summed E-state index contributed by atoms with van der Waals surface area (Å²) in [5, 5.41) is 10.8. The average Bonchev–Trinajstić information content (AvgIpc) is 2.57. The molecule has 0 spiro atoms. The van der Waals surface area contributed by atoms with Crippen LogP contribution in [0.5, 0.6) is 0 Å². The molecule has 2 aromatic rings. The molecule has 5 heteroatoms. The molecule has 0 aliphatic heterocycles. The predicted molar refractivity (Wildman–Crippen MR) is 131 cm³/mol. The van der Waals surface area contributed by atoms with Crippen LogP contribution in [-0.4, -0.2) is 16.6 Å². The van der Waals surface area contributed by atoms with Gasteiger partial charge in [-0.15, -0.1) is 0 Å². The third-order valence-corrected chi connectivity index (χ3v) is 4.84. The summed E-state index contributed by atoms with van der Waals surface area (Å²) < 4.78 is 5.79. The lowest BCUT2D eigenvalue weighted by Gasteiger charge is -2.27. The van der Waals surface area contributed by atoms with Crippen LogP contribution in [0.4, 0.5) is 0 Å². The maximum absolute atomic E-state index is 13.5. The highest BCUT2D eigenvalue weighted by Gasteiger charge is 2.31. The number of carbonyl (C=O) groups is 1. The first-order valence-electron chi connectivity index (χ1n) is 11.0. The Labute approximate surface area is 198 Å². The van der Waals surface area contributed by atoms with Crippen molar-refractivity contribution < 1.29 is 9.53 Å². The van der Waals surface area contributed by atoms with E-state index in [1.54, 1.807) is 12.1 Å². The van der Waals surface area contributed by atoms with E-state index in [1.807, 2.05) is 32.9 Å². The number of pyridine rings is 1. The highest BCUT2D eigenvalue weighted by Crippen LogP contribution is 2.37.